The molecule has 11 heteroatoms. The van der Waals surface area contributed by atoms with Gasteiger partial charge in [-0.15, -0.1) is 0 Å². The van der Waals surface area contributed by atoms with Crippen LogP contribution >= 0.6 is 0 Å². The normalized spacial score (nSPS) is 19.7. The molecule has 202 valence electrons. The number of nitrogens with zero attached hydrogens (tertiary/aromatic N) is 4. The molecule has 2 aromatic heterocycles. The minimum Gasteiger partial charge on any atom is -0.454 e. The Morgan fingerprint density at radius 3 is 2.58 bits per heavy atom. The van der Waals surface area contributed by atoms with E-state index < -0.39 is 15.4 Å². The highest BCUT2D eigenvalue weighted by atomic mass is 32.2. The summed E-state index contributed by atoms with van der Waals surface area (Å²) in [4.78, 5) is 6.53. The Labute approximate surface area is 222 Å². The summed E-state index contributed by atoms with van der Waals surface area (Å²) in [6.45, 7) is 3.94. The van der Waals surface area contributed by atoms with Crippen molar-refractivity contribution in [2.45, 2.75) is 55.1 Å². The van der Waals surface area contributed by atoms with Gasteiger partial charge in [0.05, 0.1) is 28.4 Å². The van der Waals surface area contributed by atoms with Gasteiger partial charge in [0.15, 0.2) is 15.6 Å². The van der Waals surface area contributed by atoms with Gasteiger partial charge < -0.3 is 24.8 Å². The summed E-state index contributed by atoms with van der Waals surface area (Å²) in [6, 6.07) is 9.18. The smallest absolute Gasteiger partial charge is 0.177 e. The predicted molar refractivity (Wildman–Crippen MR) is 143 cm³/mol. The van der Waals surface area contributed by atoms with E-state index in [-0.39, 0.29) is 4.90 Å². The van der Waals surface area contributed by atoms with Crippen LogP contribution in [0.2, 0.25) is 0 Å². The molecule has 0 radical (unpaired) electrons. The molecule has 0 amide bonds. The number of benzene rings is 1. The third-order valence-electron chi connectivity index (χ3n) is 7.25. The van der Waals surface area contributed by atoms with Crippen molar-refractivity contribution in [3.8, 4) is 11.5 Å². The van der Waals surface area contributed by atoms with Gasteiger partial charge in [-0.1, -0.05) is 0 Å². The van der Waals surface area contributed by atoms with Crippen LogP contribution in [-0.2, 0) is 14.6 Å². The number of β-amino-alcohol motifs (C(OH)–C–C–N with tert-alkyl or cyclic N) is 1. The highest BCUT2D eigenvalue weighted by Gasteiger charge is 2.38. The fraction of sp³-hybridized carbons (Fsp3) is 0.481. The van der Waals surface area contributed by atoms with Gasteiger partial charge in [-0.05, 0) is 56.9 Å². The van der Waals surface area contributed by atoms with Crippen LogP contribution in [0.25, 0.3) is 0 Å². The van der Waals surface area contributed by atoms with E-state index in [0.29, 0.717) is 48.0 Å². The molecule has 2 saturated heterocycles. The van der Waals surface area contributed by atoms with Crippen molar-refractivity contribution in [3.05, 3.63) is 48.4 Å². The van der Waals surface area contributed by atoms with Crippen molar-refractivity contribution >= 4 is 27.0 Å². The molecule has 6 rings (SSSR count). The second kappa shape index (κ2) is 9.55. The van der Waals surface area contributed by atoms with Crippen molar-refractivity contribution in [2.75, 3.05) is 42.8 Å². The molecule has 0 bridgehead atoms. The van der Waals surface area contributed by atoms with Gasteiger partial charge in [0.1, 0.15) is 17.3 Å². The Bertz CT molecular complexity index is 1440. The Morgan fingerprint density at radius 1 is 1.13 bits per heavy atom. The maximum atomic E-state index is 12.4. The fourth-order valence-corrected chi connectivity index (χ4v) is 6.05. The van der Waals surface area contributed by atoms with Gasteiger partial charge in [-0.2, -0.15) is 5.10 Å². The van der Waals surface area contributed by atoms with Crippen LogP contribution in [0, 0.1) is 0 Å². The number of ether oxygens (including phenoxy) is 2. The number of aliphatic hydroxyl groups is 1. The van der Waals surface area contributed by atoms with E-state index in [0.717, 1.165) is 50.3 Å². The van der Waals surface area contributed by atoms with Gasteiger partial charge in [-0.25, -0.2) is 13.4 Å². The van der Waals surface area contributed by atoms with E-state index in [1.54, 1.807) is 31.3 Å². The molecule has 3 aliphatic rings. The second-order valence-corrected chi connectivity index (χ2v) is 12.9. The van der Waals surface area contributed by atoms with E-state index in [9.17, 15) is 13.5 Å². The first-order valence-corrected chi connectivity index (χ1v) is 14.9. The fourth-order valence-electron chi connectivity index (χ4n) is 5.17. The summed E-state index contributed by atoms with van der Waals surface area (Å²) in [5, 5.41) is 18.4. The molecule has 2 N–H and O–H groups in total. The molecular formula is C27H33N5O5S. The van der Waals surface area contributed by atoms with Crippen molar-refractivity contribution in [1.82, 2.24) is 14.8 Å². The standard InChI is InChI=1S/C27H33N5O5S/c1-27(33)16-31(17-27)22-13-19(3-6-24(22)38(2,34)35)29-25-14-21(7-10-28-25)37-23-15-32(20-4-5-20)30-26(23)18-8-11-36-12-9-18/h3,6-7,10,13-15,18,20,33H,4-5,8-9,11-12,16-17H2,1-2H3,(H,28,29). The van der Waals surface area contributed by atoms with E-state index in [4.69, 9.17) is 14.6 Å². The van der Waals surface area contributed by atoms with E-state index in [1.807, 2.05) is 27.9 Å². The first kappa shape index (κ1) is 25.1. The van der Waals surface area contributed by atoms with Crippen molar-refractivity contribution in [2.24, 2.45) is 0 Å². The lowest BCUT2D eigenvalue weighted by molar-refractivity contribution is 0.0307. The highest BCUT2D eigenvalue weighted by molar-refractivity contribution is 7.90. The maximum Gasteiger partial charge on any atom is 0.177 e. The molecular weight excluding hydrogens is 506 g/mol. The molecule has 10 nitrogen and oxygen atoms in total. The molecule has 1 saturated carbocycles. The lowest BCUT2D eigenvalue weighted by Crippen LogP contribution is -2.60. The monoisotopic (exact) mass is 539 g/mol. The number of pyridine rings is 1. The Balaban J connectivity index is 1.24. The zero-order valence-corrected chi connectivity index (χ0v) is 22.4. The summed E-state index contributed by atoms with van der Waals surface area (Å²) in [5.41, 5.74) is 1.40. The first-order chi connectivity index (χ1) is 18.1. The van der Waals surface area contributed by atoms with Crippen LogP contribution in [-0.4, -0.2) is 66.4 Å². The molecule has 0 atom stereocenters. The zero-order valence-electron chi connectivity index (χ0n) is 21.6. The molecule has 3 fully saturated rings. The minimum atomic E-state index is -3.44. The van der Waals surface area contributed by atoms with Crippen molar-refractivity contribution in [3.63, 3.8) is 0 Å². The number of hydrogen-bond donors (Lipinski definition) is 2. The van der Waals surface area contributed by atoms with Gasteiger partial charge in [0.25, 0.3) is 0 Å². The van der Waals surface area contributed by atoms with Crippen LogP contribution in [0.15, 0.2) is 47.6 Å². The molecule has 2 aliphatic heterocycles. The number of aromatic nitrogens is 3. The van der Waals surface area contributed by atoms with Crippen LogP contribution in [0.5, 0.6) is 11.5 Å². The minimum absolute atomic E-state index is 0.233. The molecule has 4 heterocycles. The van der Waals surface area contributed by atoms with Gasteiger partial charge >= 0.3 is 0 Å². The van der Waals surface area contributed by atoms with Gasteiger partial charge in [0, 0.05) is 56.4 Å². The van der Waals surface area contributed by atoms with Crippen molar-refractivity contribution < 1.29 is 23.0 Å². The SMILES string of the molecule is CC1(O)CN(c2cc(Nc3cc(Oc4cn(C5CC5)nc4C4CCOCC4)ccn3)ccc2S(C)(=O)=O)C1. The average Bonchev–Trinajstić information content (AvgIpc) is 3.63. The summed E-state index contributed by atoms with van der Waals surface area (Å²) in [5.74, 6) is 2.29. The molecule has 1 aliphatic carbocycles. The summed E-state index contributed by atoms with van der Waals surface area (Å²) >= 11 is 0. The Hall–Kier alpha value is -3.15. The number of nitrogens with one attached hydrogen (secondary N) is 1. The van der Waals surface area contributed by atoms with E-state index >= 15 is 0 Å². The number of anilines is 3. The highest BCUT2D eigenvalue weighted by Crippen LogP contribution is 2.41. The zero-order chi connectivity index (χ0) is 26.5. The Morgan fingerprint density at radius 2 is 1.89 bits per heavy atom. The molecule has 3 aromatic rings. The van der Waals surface area contributed by atoms with Crippen molar-refractivity contribution in [1.29, 1.82) is 0 Å². The summed E-state index contributed by atoms with van der Waals surface area (Å²) in [7, 11) is -3.44. The quantitative estimate of drug-likeness (QED) is 0.437. The third kappa shape index (κ3) is 5.36. The van der Waals surface area contributed by atoms with Crippen LogP contribution < -0.4 is 15.0 Å². The lowest BCUT2D eigenvalue weighted by atomic mass is 9.96. The Kier molecular flexibility index (Phi) is 6.32. The largest absolute Gasteiger partial charge is 0.454 e. The summed E-state index contributed by atoms with van der Waals surface area (Å²) < 4.78 is 38.7. The molecule has 38 heavy (non-hydrogen) atoms. The van der Waals surface area contributed by atoms with Crippen LogP contribution in [0.3, 0.4) is 0 Å². The maximum absolute atomic E-state index is 12.4. The topological polar surface area (TPSA) is 119 Å². The molecule has 1 aromatic carbocycles. The summed E-state index contributed by atoms with van der Waals surface area (Å²) in [6.07, 6.45) is 9.03. The third-order valence-corrected chi connectivity index (χ3v) is 8.39. The van der Waals surface area contributed by atoms with Gasteiger partial charge in [0.2, 0.25) is 0 Å². The number of hydrogen-bond acceptors (Lipinski definition) is 9. The lowest BCUT2D eigenvalue weighted by Gasteiger charge is -2.46. The first-order valence-electron chi connectivity index (χ1n) is 13.0. The van der Waals surface area contributed by atoms with E-state index in [1.165, 1.54) is 6.26 Å². The van der Waals surface area contributed by atoms with Gasteiger partial charge in [-0.3, -0.25) is 4.68 Å². The van der Waals surface area contributed by atoms with Crippen LogP contribution in [0.1, 0.15) is 50.3 Å². The van der Waals surface area contributed by atoms with E-state index in [2.05, 4.69) is 10.3 Å². The number of sulfone groups is 1. The molecule has 0 unspecified atom stereocenters. The molecule has 0 spiro atoms. The van der Waals surface area contributed by atoms with Crippen LogP contribution in [0.4, 0.5) is 17.2 Å². The second-order valence-electron chi connectivity index (χ2n) is 10.9. The average molecular weight is 540 g/mol. The number of rotatable bonds is 8. The predicted octanol–water partition coefficient (Wildman–Crippen LogP) is 4.02.